The molecule has 0 fully saturated rings. The summed E-state index contributed by atoms with van der Waals surface area (Å²) in [6.45, 7) is 0.0742. The van der Waals surface area contributed by atoms with E-state index in [2.05, 4.69) is 0 Å². The molecule has 0 bridgehead atoms. The second kappa shape index (κ2) is 6.74. The molecule has 4 nitrogen and oxygen atoms in total. The first kappa shape index (κ1) is 15.5. The Labute approximate surface area is 124 Å². The molecule has 0 saturated heterocycles. The van der Waals surface area contributed by atoms with Gasteiger partial charge in [-0.05, 0) is 11.6 Å². The van der Waals surface area contributed by atoms with E-state index in [0.29, 0.717) is 11.3 Å². The number of aliphatic hydroxyl groups is 1. The van der Waals surface area contributed by atoms with Crippen molar-refractivity contribution in [1.82, 2.24) is 0 Å². The molecule has 1 N–H and O–H groups in total. The highest BCUT2D eigenvalue weighted by Gasteiger charge is 2.12. The molecule has 0 spiro atoms. The van der Waals surface area contributed by atoms with Crippen LogP contribution < -0.4 is 4.74 Å². The highest BCUT2D eigenvalue weighted by Crippen LogP contribution is 2.22. The second-order valence-corrected chi connectivity index (χ2v) is 7.06. The Morgan fingerprint density at radius 2 is 1.67 bits per heavy atom. The molecule has 2 aromatic rings. The van der Waals surface area contributed by atoms with Crippen LogP contribution in [-0.2, 0) is 15.6 Å². The third-order valence-corrected chi connectivity index (χ3v) is 3.81. The molecule has 0 aliphatic rings. The van der Waals surface area contributed by atoms with E-state index < -0.39 is 15.9 Å². The van der Waals surface area contributed by atoms with Crippen LogP contribution in [0.5, 0.6) is 5.75 Å². The van der Waals surface area contributed by atoms with Gasteiger partial charge in [-0.1, -0.05) is 48.5 Å². The van der Waals surface area contributed by atoms with Gasteiger partial charge in [0.1, 0.15) is 18.5 Å². The van der Waals surface area contributed by atoms with Crippen LogP contribution in [-0.4, -0.2) is 26.4 Å². The lowest BCUT2D eigenvalue weighted by Gasteiger charge is -2.15. The molecule has 0 heterocycles. The third kappa shape index (κ3) is 4.88. The third-order valence-electron chi connectivity index (χ3n) is 2.97. The molecular formula is C16H18O4S. The van der Waals surface area contributed by atoms with Gasteiger partial charge in [0.05, 0.1) is 5.75 Å². The Balaban J connectivity index is 2.07. The van der Waals surface area contributed by atoms with Crippen LogP contribution in [0.15, 0.2) is 54.6 Å². The van der Waals surface area contributed by atoms with Gasteiger partial charge in [-0.2, -0.15) is 0 Å². The predicted octanol–water partition coefficient (Wildman–Crippen LogP) is 2.34. The van der Waals surface area contributed by atoms with Gasteiger partial charge in [-0.3, -0.25) is 0 Å². The number of hydrogen-bond acceptors (Lipinski definition) is 4. The van der Waals surface area contributed by atoms with E-state index >= 15 is 0 Å². The summed E-state index contributed by atoms with van der Waals surface area (Å²) in [6, 6.07) is 16.2. The SMILES string of the molecule is CS(=O)(=O)Cc1ccccc1OCC(O)c1ccccc1. The van der Waals surface area contributed by atoms with Crippen LogP contribution in [0.2, 0.25) is 0 Å². The Morgan fingerprint density at radius 1 is 1.05 bits per heavy atom. The smallest absolute Gasteiger partial charge is 0.151 e. The Kier molecular flexibility index (Phi) is 4.98. The Morgan fingerprint density at radius 3 is 2.33 bits per heavy atom. The summed E-state index contributed by atoms with van der Waals surface area (Å²) in [7, 11) is -3.13. The van der Waals surface area contributed by atoms with Gasteiger partial charge in [0, 0.05) is 11.8 Å². The van der Waals surface area contributed by atoms with Gasteiger partial charge in [0.2, 0.25) is 0 Å². The average Bonchev–Trinajstić information content (AvgIpc) is 2.45. The van der Waals surface area contributed by atoms with Gasteiger partial charge in [0.25, 0.3) is 0 Å². The van der Waals surface area contributed by atoms with E-state index in [1.54, 1.807) is 24.3 Å². The molecule has 0 aliphatic carbocycles. The lowest BCUT2D eigenvalue weighted by atomic mass is 10.1. The van der Waals surface area contributed by atoms with E-state index in [0.717, 1.165) is 5.56 Å². The van der Waals surface area contributed by atoms with Crippen LogP contribution in [0.1, 0.15) is 17.2 Å². The highest BCUT2D eigenvalue weighted by atomic mass is 32.2. The van der Waals surface area contributed by atoms with Crippen LogP contribution >= 0.6 is 0 Å². The standard InChI is InChI=1S/C16H18O4S/c1-21(18,19)12-14-9-5-6-10-16(14)20-11-15(17)13-7-3-2-4-8-13/h2-10,15,17H,11-12H2,1H3. The van der Waals surface area contributed by atoms with E-state index in [1.807, 2.05) is 30.3 Å². The lowest BCUT2D eigenvalue weighted by Crippen LogP contribution is -2.11. The summed E-state index contributed by atoms with van der Waals surface area (Å²) in [5.41, 5.74) is 1.36. The van der Waals surface area contributed by atoms with Gasteiger partial charge >= 0.3 is 0 Å². The zero-order valence-corrected chi connectivity index (χ0v) is 12.6. The fourth-order valence-electron chi connectivity index (χ4n) is 1.99. The predicted molar refractivity (Wildman–Crippen MR) is 81.9 cm³/mol. The van der Waals surface area contributed by atoms with Crippen LogP contribution in [0.3, 0.4) is 0 Å². The Bertz CT molecular complexity index is 680. The molecule has 1 unspecified atom stereocenters. The van der Waals surface area contributed by atoms with Crippen LogP contribution in [0.4, 0.5) is 0 Å². The summed E-state index contributed by atoms with van der Waals surface area (Å²) in [5, 5.41) is 10.1. The van der Waals surface area contributed by atoms with Crippen LogP contribution in [0.25, 0.3) is 0 Å². The average molecular weight is 306 g/mol. The lowest BCUT2D eigenvalue weighted by molar-refractivity contribution is 0.108. The van der Waals surface area contributed by atoms with Crippen molar-refractivity contribution in [3.63, 3.8) is 0 Å². The van der Waals surface area contributed by atoms with E-state index in [4.69, 9.17) is 4.74 Å². The molecule has 0 aliphatic heterocycles. The number of sulfone groups is 1. The maximum atomic E-state index is 11.4. The fraction of sp³-hybridized carbons (Fsp3) is 0.250. The first-order chi connectivity index (χ1) is 9.96. The first-order valence-electron chi connectivity index (χ1n) is 6.57. The van der Waals surface area contributed by atoms with Crippen molar-refractivity contribution in [2.24, 2.45) is 0 Å². The highest BCUT2D eigenvalue weighted by molar-refractivity contribution is 7.89. The molecule has 2 rings (SSSR count). The van der Waals surface area contributed by atoms with Gasteiger partial charge in [-0.15, -0.1) is 0 Å². The monoisotopic (exact) mass is 306 g/mol. The molecule has 0 aromatic heterocycles. The molecule has 2 aromatic carbocycles. The topological polar surface area (TPSA) is 63.6 Å². The van der Waals surface area contributed by atoms with Crippen molar-refractivity contribution >= 4 is 9.84 Å². The summed E-state index contributed by atoms with van der Waals surface area (Å²) in [5.74, 6) is 0.405. The van der Waals surface area contributed by atoms with Gasteiger partial charge in [0.15, 0.2) is 9.84 Å². The number of benzene rings is 2. The molecular weight excluding hydrogens is 288 g/mol. The van der Waals surface area contributed by atoms with Crippen molar-refractivity contribution in [2.75, 3.05) is 12.9 Å². The number of rotatable bonds is 6. The summed E-state index contributed by atoms with van der Waals surface area (Å²) >= 11 is 0. The molecule has 21 heavy (non-hydrogen) atoms. The number of hydrogen-bond donors (Lipinski definition) is 1. The molecule has 0 saturated carbocycles. The zero-order valence-electron chi connectivity index (χ0n) is 11.8. The minimum atomic E-state index is -3.13. The van der Waals surface area contributed by atoms with Crippen LogP contribution in [0, 0.1) is 0 Å². The molecule has 112 valence electrons. The molecule has 0 amide bonds. The zero-order chi connectivity index (χ0) is 15.3. The van der Waals surface area contributed by atoms with Crippen molar-refractivity contribution < 1.29 is 18.3 Å². The van der Waals surface area contributed by atoms with Crippen molar-refractivity contribution in [2.45, 2.75) is 11.9 Å². The largest absolute Gasteiger partial charge is 0.490 e. The minimum absolute atomic E-state index is 0.0742. The summed E-state index contributed by atoms with van der Waals surface area (Å²) in [4.78, 5) is 0. The maximum absolute atomic E-state index is 11.4. The van der Waals surface area contributed by atoms with Crippen molar-refractivity contribution in [3.05, 3.63) is 65.7 Å². The van der Waals surface area contributed by atoms with Crippen molar-refractivity contribution in [3.8, 4) is 5.75 Å². The van der Waals surface area contributed by atoms with E-state index in [1.165, 1.54) is 6.26 Å². The number of para-hydroxylation sites is 1. The quantitative estimate of drug-likeness (QED) is 0.890. The number of ether oxygens (including phenoxy) is 1. The first-order valence-corrected chi connectivity index (χ1v) is 8.63. The van der Waals surface area contributed by atoms with Crippen molar-refractivity contribution in [1.29, 1.82) is 0 Å². The van der Waals surface area contributed by atoms with Gasteiger partial charge in [-0.25, -0.2) is 8.42 Å². The summed E-state index contributed by atoms with van der Waals surface area (Å²) in [6.07, 6.45) is 0.431. The fourth-order valence-corrected chi connectivity index (χ4v) is 2.79. The maximum Gasteiger partial charge on any atom is 0.151 e. The molecule has 1 atom stereocenters. The number of aliphatic hydroxyl groups excluding tert-OH is 1. The minimum Gasteiger partial charge on any atom is -0.490 e. The second-order valence-electron chi connectivity index (χ2n) is 4.92. The van der Waals surface area contributed by atoms with E-state index in [9.17, 15) is 13.5 Å². The molecule has 5 heteroatoms. The van der Waals surface area contributed by atoms with Gasteiger partial charge < -0.3 is 9.84 Å². The normalized spacial score (nSPS) is 12.9. The summed E-state index contributed by atoms with van der Waals surface area (Å²) < 4.78 is 28.4. The van der Waals surface area contributed by atoms with E-state index in [-0.39, 0.29) is 12.4 Å². The Hall–Kier alpha value is -1.85. The molecule has 0 radical (unpaired) electrons.